The molecule has 0 aliphatic heterocycles. The molecule has 5 heteroatoms. The van der Waals surface area contributed by atoms with Gasteiger partial charge in [-0.3, -0.25) is 4.79 Å². The van der Waals surface area contributed by atoms with Gasteiger partial charge in [-0.25, -0.2) is 4.98 Å². The highest BCUT2D eigenvalue weighted by molar-refractivity contribution is 7.99. The van der Waals surface area contributed by atoms with E-state index in [9.17, 15) is 4.79 Å². The lowest BCUT2D eigenvalue weighted by molar-refractivity contribution is -0.133. The maximum absolute atomic E-state index is 10.8. The van der Waals surface area contributed by atoms with E-state index in [0.29, 0.717) is 0 Å². The van der Waals surface area contributed by atoms with Crippen LogP contribution in [0.2, 0.25) is 0 Å². The van der Waals surface area contributed by atoms with E-state index in [4.69, 9.17) is 5.11 Å². The van der Waals surface area contributed by atoms with Crippen molar-refractivity contribution in [3.8, 4) is 0 Å². The first-order valence-electron chi connectivity index (χ1n) is 6.67. The summed E-state index contributed by atoms with van der Waals surface area (Å²) in [4.78, 5) is 15.3. The molecule has 0 aliphatic rings. The van der Waals surface area contributed by atoms with Gasteiger partial charge in [0.15, 0.2) is 5.16 Å². The molecule has 1 heterocycles. The molecular formula is C15H20N2O2S. The van der Waals surface area contributed by atoms with Gasteiger partial charge in [0.05, 0.1) is 16.8 Å². The third-order valence-electron chi connectivity index (χ3n) is 3.03. The first-order valence-corrected chi connectivity index (χ1v) is 7.65. The lowest BCUT2D eigenvalue weighted by Crippen LogP contribution is -2.11. The van der Waals surface area contributed by atoms with Gasteiger partial charge in [-0.05, 0) is 24.0 Å². The van der Waals surface area contributed by atoms with Crippen LogP contribution in [0.4, 0.5) is 0 Å². The Balaban J connectivity index is 2.31. The normalized spacial score (nSPS) is 11.9. The molecule has 0 bridgehead atoms. The number of aromatic nitrogens is 2. The molecule has 0 radical (unpaired) electrons. The quantitative estimate of drug-likeness (QED) is 0.855. The number of carboxylic acids is 1. The van der Waals surface area contributed by atoms with Gasteiger partial charge < -0.3 is 9.67 Å². The summed E-state index contributed by atoms with van der Waals surface area (Å²) in [5.41, 5.74) is 2.24. The van der Waals surface area contributed by atoms with Crippen LogP contribution in [0.15, 0.2) is 29.4 Å². The lowest BCUT2D eigenvalue weighted by atomic mass is 9.92. The minimum atomic E-state index is -0.815. The Bertz CT molecular complexity index is 614. The number of benzene rings is 1. The van der Waals surface area contributed by atoms with Crippen LogP contribution < -0.4 is 0 Å². The van der Waals surface area contributed by atoms with Crippen LogP contribution in [0.25, 0.3) is 11.0 Å². The number of rotatable bonds is 5. The summed E-state index contributed by atoms with van der Waals surface area (Å²) in [5.74, 6) is -0.775. The maximum atomic E-state index is 10.8. The van der Waals surface area contributed by atoms with E-state index in [1.54, 1.807) is 0 Å². The number of hydrogen-bond donors (Lipinski definition) is 1. The standard InChI is InChI=1S/C15H20N2O2S/c1-15(2,3)8-9-17-12-7-5-4-6-11(12)16-14(17)20-10-13(18)19/h4-7H,8-10H2,1-3H3,(H,18,19). The van der Waals surface area contributed by atoms with Crippen molar-refractivity contribution in [1.82, 2.24) is 9.55 Å². The highest BCUT2D eigenvalue weighted by Crippen LogP contribution is 2.27. The SMILES string of the molecule is CC(C)(C)CCn1c(SCC(=O)O)nc2ccccc21. The second-order valence-electron chi connectivity index (χ2n) is 6.03. The molecule has 20 heavy (non-hydrogen) atoms. The van der Waals surface area contributed by atoms with Crippen LogP contribution in [0, 0.1) is 5.41 Å². The van der Waals surface area contributed by atoms with E-state index >= 15 is 0 Å². The topological polar surface area (TPSA) is 55.1 Å². The maximum Gasteiger partial charge on any atom is 0.313 e. The van der Waals surface area contributed by atoms with Crippen LogP contribution in [0.1, 0.15) is 27.2 Å². The number of para-hydroxylation sites is 2. The fourth-order valence-electron chi connectivity index (χ4n) is 1.95. The van der Waals surface area contributed by atoms with Crippen LogP contribution >= 0.6 is 11.8 Å². The van der Waals surface area contributed by atoms with E-state index in [-0.39, 0.29) is 11.2 Å². The third kappa shape index (κ3) is 3.76. The number of aryl methyl sites for hydroxylation is 1. The van der Waals surface area contributed by atoms with E-state index in [1.807, 2.05) is 24.3 Å². The summed E-state index contributed by atoms with van der Waals surface area (Å²) >= 11 is 1.28. The number of carbonyl (C=O) groups is 1. The molecule has 2 aromatic rings. The fraction of sp³-hybridized carbons (Fsp3) is 0.467. The predicted molar refractivity (Wildman–Crippen MR) is 82.2 cm³/mol. The summed E-state index contributed by atoms with van der Waals surface area (Å²) < 4.78 is 2.13. The molecule has 0 amide bonds. The van der Waals surface area contributed by atoms with Crippen molar-refractivity contribution >= 4 is 28.8 Å². The molecular weight excluding hydrogens is 272 g/mol. The van der Waals surface area contributed by atoms with Crippen molar-refractivity contribution in [3.63, 3.8) is 0 Å². The third-order valence-corrected chi connectivity index (χ3v) is 3.99. The minimum absolute atomic E-state index is 0.0405. The molecule has 1 aromatic carbocycles. The van der Waals surface area contributed by atoms with Gasteiger partial charge >= 0.3 is 5.97 Å². The molecule has 0 saturated carbocycles. The summed E-state index contributed by atoms with van der Waals surface area (Å²) in [6.07, 6.45) is 1.02. The molecule has 108 valence electrons. The van der Waals surface area contributed by atoms with E-state index in [0.717, 1.165) is 29.2 Å². The van der Waals surface area contributed by atoms with E-state index < -0.39 is 5.97 Å². The second kappa shape index (κ2) is 5.87. The Morgan fingerprint density at radius 3 is 2.70 bits per heavy atom. The van der Waals surface area contributed by atoms with Crippen LogP contribution in [0.3, 0.4) is 0 Å². The Hall–Kier alpha value is -1.49. The van der Waals surface area contributed by atoms with Gasteiger partial charge in [-0.15, -0.1) is 0 Å². The molecule has 0 aliphatic carbocycles. The summed E-state index contributed by atoms with van der Waals surface area (Å²) in [5, 5.41) is 9.63. The lowest BCUT2D eigenvalue weighted by Gasteiger charge is -2.19. The summed E-state index contributed by atoms with van der Waals surface area (Å²) in [6.45, 7) is 7.47. The van der Waals surface area contributed by atoms with Crippen molar-refractivity contribution in [1.29, 1.82) is 0 Å². The fourth-order valence-corrected chi connectivity index (χ4v) is 2.71. The summed E-state index contributed by atoms with van der Waals surface area (Å²) in [6, 6.07) is 7.95. The van der Waals surface area contributed by atoms with E-state index in [1.165, 1.54) is 11.8 Å². The van der Waals surface area contributed by atoms with Crippen LogP contribution in [0.5, 0.6) is 0 Å². The minimum Gasteiger partial charge on any atom is -0.481 e. The molecule has 0 atom stereocenters. The molecule has 2 rings (SSSR count). The van der Waals surface area contributed by atoms with Gasteiger partial charge in [0.1, 0.15) is 0 Å². The number of carboxylic acid groups (broad SMARTS) is 1. The van der Waals surface area contributed by atoms with Crippen LogP contribution in [-0.4, -0.2) is 26.4 Å². The van der Waals surface area contributed by atoms with Crippen molar-refractivity contribution in [2.24, 2.45) is 5.41 Å². The molecule has 0 unspecified atom stereocenters. The molecule has 0 saturated heterocycles. The van der Waals surface area contributed by atoms with Crippen molar-refractivity contribution in [2.75, 3.05) is 5.75 Å². The molecule has 4 nitrogen and oxygen atoms in total. The Morgan fingerprint density at radius 2 is 2.05 bits per heavy atom. The Kier molecular flexibility index (Phi) is 4.38. The van der Waals surface area contributed by atoms with Gasteiger partial charge in [-0.1, -0.05) is 44.7 Å². The predicted octanol–water partition coefficient (Wildman–Crippen LogP) is 3.65. The molecule has 0 spiro atoms. The first kappa shape index (κ1) is 14.9. The number of hydrogen-bond acceptors (Lipinski definition) is 3. The molecule has 0 fully saturated rings. The van der Waals surface area contributed by atoms with Gasteiger partial charge in [0, 0.05) is 6.54 Å². The average molecular weight is 292 g/mol. The number of thioether (sulfide) groups is 1. The number of fused-ring (bicyclic) bond motifs is 1. The van der Waals surface area contributed by atoms with Gasteiger partial charge in [0.2, 0.25) is 0 Å². The molecule has 1 aromatic heterocycles. The second-order valence-corrected chi connectivity index (χ2v) is 6.97. The average Bonchev–Trinajstić information content (AvgIpc) is 2.70. The highest BCUT2D eigenvalue weighted by atomic mass is 32.2. The Labute approximate surface area is 123 Å². The van der Waals surface area contributed by atoms with Crippen LogP contribution in [-0.2, 0) is 11.3 Å². The van der Waals surface area contributed by atoms with E-state index in [2.05, 4.69) is 30.3 Å². The monoisotopic (exact) mass is 292 g/mol. The number of aliphatic carboxylic acids is 1. The largest absolute Gasteiger partial charge is 0.481 e. The van der Waals surface area contributed by atoms with Crippen molar-refractivity contribution < 1.29 is 9.90 Å². The van der Waals surface area contributed by atoms with Gasteiger partial charge in [0.25, 0.3) is 0 Å². The molecule has 1 N–H and O–H groups in total. The smallest absolute Gasteiger partial charge is 0.313 e. The van der Waals surface area contributed by atoms with Crippen molar-refractivity contribution in [3.05, 3.63) is 24.3 Å². The zero-order valence-corrected chi connectivity index (χ0v) is 12.9. The number of nitrogens with zero attached hydrogens (tertiary/aromatic N) is 2. The zero-order chi connectivity index (χ0) is 14.8. The Morgan fingerprint density at radius 1 is 1.35 bits per heavy atom. The number of imidazole rings is 1. The highest BCUT2D eigenvalue weighted by Gasteiger charge is 2.15. The van der Waals surface area contributed by atoms with Gasteiger partial charge in [-0.2, -0.15) is 0 Å². The van der Waals surface area contributed by atoms with Crippen molar-refractivity contribution in [2.45, 2.75) is 38.9 Å². The summed E-state index contributed by atoms with van der Waals surface area (Å²) in [7, 11) is 0. The first-order chi connectivity index (χ1) is 9.37. The zero-order valence-electron chi connectivity index (χ0n) is 12.1.